The minimum atomic E-state index is 0.141. The number of rotatable bonds is 4. The molecule has 22 heavy (non-hydrogen) atoms. The highest BCUT2D eigenvalue weighted by Gasteiger charge is 2.21. The van der Waals surface area contributed by atoms with Crippen molar-refractivity contribution < 1.29 is 14.2 Å². The first-order valence-corrected chi connectivity index (χ1v) is 7.16. The minimum absolute atomic E-state index is 0.141. The number of nitrogens with two attached hydrogens (primary N) is 1. The average molecular weight is 304 g/mol. The van der Waals surface area contributed by atoms with Crippen LogP contribution in [0.3, 0.4) is 0 Å². The first-order valence-electron chi connectivity index (χ1n) is 7.16. The molecule has 1 aromatic heterocycles. The maximum atomic E-state index is 5.98. The van der Waals surface area contributed by atoms with Crippen LogP contribution < -0.4 is 19.9 Å². The summed E-state index contributed by atoms with van der Waals surface area (Å²) in [4.78, 5) is 4.61. The van der Waals surface area contributed by atoms with Crippen molar-refractivity contribution in [3.8, 4) is 28.6 Å². The standard InChI is InChI=1S/C15H20N4O3/c1-20-11-6-9(7-12(21-2)14(11)22-3)15-17-13-5-4-10(16)8-19(13)18-15/h6-7,10H,4-5,8,16H2,1-3H3. The molecule has 1 aliphatic rings. The van der Waals surface area contributed by atoms with Gasteiger partial charge >= 0.3 is 0 Å². The molecule has 7 nitrogen and oxygen atoms in total. The van der Waals surface area contributed by atoms with Crippen molar-refractivity contribution in [3.63, 3.8) is 0 Å². The zero-order valence-corrected chi connectivity index (χ0v) is 13.0. The molecule has 1 atom stereocenters. The first-order chi connectivity index (χ1) is 10.7. The van der Waals surface area contributed by atoms with E-state index in [0.29, 0.717) is 29.6 Å². The van der Waals surface area contributed by atoms with Crippen LogP contribution in [0, 0.1) is 0 Å². The fourth-order valence-electron chi connectivity index (χ4n) is 2.67. The number of benzene rings is 1. The molecule has 0 saturated carbocycles. The molecule has 2 aromatic rings. The maximum Gasteiger partial charge on any atom is 0.203 e. The molecule has 0 saturated heterocycles. The van der Waals surface area contributed by atoms with Crippen LogP contribution in [0.1, 0.15) is 12.2 Å². The van der Waals surface area contributed by atoms with Crippen LogP contribution in [0.5, 0.6) is 17.2 Å². The van der Waals surface area contributed by atoms with Gasteiger partial charge in [-0.15, -0.1) is 0 Å². The zero-order valence-electron chi connectivity index (χ0n) is 13.0. The number of methoxy groups -OCH3 is 3. The Morgan fingerprint density at radius 1 is 1.14 bits per heavy atom. The van der Waals surface area contributed by atoms with Gasteiger partial charge in [-0.2, -0.15) is 5.10 Å². The van der Waals surface area contributed by atoms with E-state index in [-0.39, 0.29) is 6.04 Å². The molecular weight excluding hydrogens is 284 g/mol. The van der Waals surface area contributed by atoms with Gasteiger partial charge in [-0.25, -0.2) is 9.67 Å². The maximum absolute atomic E-state index is 5.98. The highest BCUT2D eigenvalue weighted by Crippen LogP contribution is 2.40. The Bertz CT molecular complexity index is 658. The Morgan fingerprint density at radius 3 is 2.41 bits per heavy atom. The summed E-state index contributed by atoms with van der Waals surface area (Å²) in [5.74, 6) is 3.33. The topological polar surface area (TPSA) is 84.4 Å². The Kier molecular flexibility index (Phi) is 3.89. The third-order valence-electron chi connectivity index (χ3n) is 3.82. The van der Waals surface area contributed by atoms with E-state index in [1.54, 1.807) is 21.3 Å². The van der Waals surface area contributed by atoms with Crippen LogP contribution in [-0.2, 0) is 13.0 Å². The average Bonchev–Trinajstić information content (AvgIpc) is 2.96. The Labute approximate surface area is 129 Å². The van der Waals surface area contributed by atoms with Crippen LogP contribution >= 0.6 is 0 Å². The number of hydrogen-bond acceptors (Lipinski definition) is 6. The van der Waals surface area contributed by atoms with E-state index in [9.17, 15) is 0 Å². The van der Waals surface area contributed by atoms with Gasteiger partial charge in [0.2, 0.25) is 5.75 Å². The first kappa shape index (κ1) is 14.6. The molecule has 1 unspecified atom stereocenters. The molecule has 1 aliphatic heterocycles. The van der Waals surface area contributed by atoms with Crippen LogP contribution in [-0.4, -0.2) is 42.1 Å². The van der Waals surface area contributed by atoms with Crippen molar-refractivity contribution in [1.29, 1.82) is 0 Å². The Hall–Kier alpha value is -2.28. The lowest BCUT2D eigenvalue weighted by atomic mass is 10.1. The Morgan fingerprint density at radius 2 is 1.82 bits per heavy atom. The monoisotopic (exact) mass is 304 g/mol. The number of aryl methyl sites for hydroxylation is 1. The minimum Gasteiger partial charge on any atom is -0.493 e. The summed E-state index contributed by atoms with van der Waals surface area (Å²) >= 11 is 0. The smallest absolute Gasteiger partial charge is 0.203 e. The lowest BCUT2D eigenvalue weighted by Crippen LogP contribution is -2.32. The quantitative estimate of drug-likeness (QED) is 0.915. The van der Waals surface area contributed by atoms with E-state index in [4.69, 9.17) is 19.9 Å². The van der Waals surface area contributed by atoms with Gasteiger partial charge in [-0.3, -0.25) is 0 Å². The van der Waals surface area contributed by atoms with E-state index in [1.165, 1.54) is 0 Å². The van der Waals surface area contributed by atoms with Crippen LogP contribution in [0.25, 0.3) is 11.4 Å². The van der Waals surface area contributed by atoms with Gasteiger partial charge in [-0.05, 0) is 18.6 Å². The summed E-state index contributed by atoms with van der Waals surface area (Å²) in [6.07, 6.45) is 1.78. The molecule has 0 radical (unpaired) electrons. The predicted octanol–water partition coefficient (Wildman–Crippen LogP) is 1.24. The molecule has 1 aromatic carbocycles. The molecule has 0 aliphatic carbocycles. The van der Waals surface area contributed by atoms with E-state index in [2.05, 4.69) is 10.1 Å². The molecule has 3 rings (SSSR count). The van der Waals surface area contributed by atoms with Gasteiger partial charge in [-0.1, -0.05) is 0 Å². The second-order valence-corrected chi connectivity index (χ2v) is 5.25. The number of nitrogens with zero attached hydrogens (tertiary/aromatic N) is 3. The summed E-state index contributed by atoms with van der Waals surface area (Å²) in [6.45, 7) is 0.701. The molecule has 2 N–H and O–H groups in total. The van der Waals surface area contributed by atoms with Gasteiger partial charge in [0.25, 0.3) is 0 Å². The molecule has 0 spiro atoms. The summed E-state index contributed by atoms with van der Waals surface area (Å²) < 4.78 is 18.0. The molecule has 0 fully saturated rings. The highest BCUT2D eigenvalue weighted by atomic mass is 16.5. The van der Waals surface area contributed by atoms with Crippen molar-refractivity contribution in [2.24, 2.45) is 5.73 Å². The third-order valence-corrected chi connectivity index (χ3v) is 3.82. The van der Waals surface area contributed by atoms with Crippen molar-refractivity contribution in [2.75, 3.05) is 21.3 Å². The molecular formula is C15H20N4O3. The van der Waals surface area contributed by atoms with Crippen LogP contribution in [0.15, 0.2) is 12.1 Å². The predicted molar refractivity (Wildman–Crippen MR) is 81.4 cm³/mol. The van der Waals surface area contributed by atoms with Gasteiger partial charge in [0.1, 0.15) is 5.82 Å². The van der Waals surface area contributed by atoms with Crippen LogP contribution in [0.2, 0.25) is 0 Å². The molecule has 2 heterocycles. The normalized spacial score (nSPS) is 17.0. The van der Waals surface area contributed by atoms with Crippen LogP contribution in [0.4, 0.5) is 0 Å². The fourth-order valence-corrected chi connectivity index (χ4v) is 2.67. The third kappa shape index (κ3) is 2.48. The number of aromatic nitrogens is 3. The molecule has 0 bridgehead atoms. The summed E-state index contributed by atoms with van der Waals surface area (Å²) in [5.41, 5.74) is 6.81. The lowest BCUT2D eigenvalue weighted by Gasteiger charge is -2.17. The van der Waals surface area contributed by atoms with Gasteiger partial charge in [0.15, 0.2) is 17.3 Å². The van der Waals surface area contributed by atoms with Gasteiger partial charge in [0, 0.05) is 18.0 Å². The Balaban J connectivity index is 2.05. The lowest BCUT2D eigenvalue weighted by molar-refractivity contribution is 0.324. The molecule has 0 amide bonds. The highest BCUT2D eigenvalue weighted by molar-refractivity contribution is 5.66. The molecule has 7 heteroatoms. The zero-order chi connectivity index (χ0) is 15.7. The fraction of sp³-hybridized carbons (Fsp3) is 0.467. The van der Waals surface area contributed by atoms with Crippen molar-refractivity contribution >= 4 is 0 Å². The summed E-state index contributed by atoms with van der Waals surface area (Å²) in [7, 11) is 4.76. The van der Waals surface area contributed by atoms with Crippen molar-refractivity contribution in [3.05, 3.63) is 18.0 Å². The van der Waals surface area contributed by atoms with Crippen molar-refractivity contribution in [1.82, 2.24) is 14.8 Å². The van der Waals surface area contributed by atoms with E-state index < -0.39 is 0 Å². The molecule has 118 valence electrons. The number of fused-ring (bicyclic) bond motifs is 1. The summed E-state index contributed by atoms with van der Waals surface area (Å²) in [5, 5.41) is 4.55. The van der Waals surface area contributed by atoms with E-state index >= 15 is 0 Å². The van der Waals surface area contributed by atoms with E-state index in [1.807, 2.05) is 16.8 Å². The van der Waals surface area contributed by atoms with Gasteiger partial charge < -0.3 is 19.9 Å². The number of ether oxygens (including phenoxy) is 3. The largest absolute Gasteiger partial charge is 0.493 e. The van der Waals surface area contributed by atoms with Gasteiger partial charge in [0.05, 0.1) is 27.9 Å². The summed E-state index contributed by atoms with van der Waals surface area (Å²) in [6, 6.07) is 3.84. The van der Waals surface area contributed by atoms with E-state index in [0.717, 1.165) is 24.2 Å². The number of hydrogen-bond donors (Lipinski definition) is 1. The second-order valence-electron chi connectivity index (χ2n) is 5.25. The van der Waals surface area contributed by atoms with Crippen molar-refractivity contribution in [2.45, 2.75) is 25.4 Å². The SMILES string of the molecule is COc1cc(-c2nc3n(n2)CC(N)CC3)cc(OC)c1OC. The second kappa shape index (κ2) is 5.84.